The number of para-hydroxylation sites is 1. The van der Waals surface area contributed by atoms with Crippen LogP contribution in [-0.4, -0.2) is 47.6 Å². The number of hydrogen-bond donors (Lipinski definition) is 1. The van der Waals surface area contributed by atoms with Crippen LogP contribution in [0.2, 0.25) is 0 Å². The number of hydrogen-bond acceptors (Lipinski definition) is 6. The van der Waals surface area contributed by atoms with Crippen LogP contribution in [0.1, 0.15) is 40.5 Å². The molecule has 0 aromatic heterocycles. The summed E-state index contributed by atoms with van der Waals surface area (Å²) in [5.74, 6) is -1.90. The van der Waals surface area contributed by atoms with Crippen LogP contribution in [0.15, 0.2) is 30.3 Å². The van der Waals surface area contributed by atoms with Crippen molar-refractivity contribution >= 4 is 41.3 Å². The van der Waals surface area contributed by atoms with E-state index in [2.05, 4.69) is 5.43 Å². The van der Waals surface area contributed by atoms with E-state index in [1.807, 2.05) is 0 Å². The first kappa shape index (κ1) is 24.2. The highest BCUT2D eigenvalue weighted by Crippen LogP contribution is 2.17. The van der Waals surface area contributed by atoms with Gasteiger partial charge >= 0.3 is 12.1 Å². The van der Waals surface area contributed by atoms with E-state index in [9.17, 15) is 19.2 Å². The van der Waals surface area contributed by atoms with Gasteiger partial charge in [-0.2, -0.15) is 0 Å². The number of nitrogens with one attached hydrogen (secondary N) is 1. The molecule has 0 fully saturated rings. The van der Waals surface area contributed by atoms with Crippen molar-refractivity contribution in [1.29, 1.82) is 0 Å². The number of anilines is 1. The molecule has 3 amide bonds. The SMILES string of the molecule is CCOC(=O)CN(NC(=O)OC(C)(C)C)C(=O)CCC(=O)N(Cl)c1ccccc1. The summed E-state index contributed by atoms with van der Waals surface area (Å²) < 4.78 is 10.8. The number of carbonyl (C=O) groups is 4. The molecule has 0 unspecified atom stereocenters. The lowest BCUT2D eigenvalue weighted by Crippen LogP contribution is -2.50. The van der Waals surface area contributed by atoms with Gasteiger partial charge in [-0.3, -0.25) is 14.4 Å². The van der Waals surface area contributed by atoms with Crippen LogP contribution in [0.25, 0.3) is 0 Å². The summed E-state index contributed by atoms with van der Waals surface area (Å²) >= 11 is 6.00. The Hall–Kier alpha value is -2.81. The van der Waals surface area contributed by atoms with Gasteiger partial charge in [-0.25, -0.2) is 19.6 Å². The van der Waals surface area contributed by atoms with Crippen LogP contribution >= 0.6 is 11.8 Å². The van der Waals surface area contributed by atoms with Gasteiger partial charge in [-0.15, -0.1) is 0 Å². The standard InChI is InChI=1S/C19H26ClN3O6/c1-5-28-17(26)13-22(21-18(27)29-19(2,3)4)15(24)11-12-16(25)23(20)14-9-7-6-8-10-14/h6-10H,5,11-13H2,1-4H3,(H,21,27). The number of carbonyl (C=O) groups excluding carboxylic acids is 4. The molecule has 0 spiro atoms. The van der Waals surface area contributed by atoms with Crippen molar-refractivity contribution in [3.8, 4) is 0 Å². The van der Waals surface area contributed by atoms with Gasteiger partial charge in [0, 0.05) is 24.6 Å². The van der Waals surface area contributed by atoms with Gasteiger partial charge in [0.05, 0.1) is 12.3 Å². The lowest BCUT2D eigenvalue weighted by molar-refractivity contribution is -0.150. The summed E-state index contributed by atoms with van der Waals surface area (Å²) in [5.41, 5.74) is 1.87. The van der Waals surface area contributed by atoms with E-state index in [0.717, 1.165) is 9.43 Å². The van der Waals surface area contributed by atoms with Crippen LogP contribution in [0.3, 0.4) is 0 Å². The van der Waals surface area contributed by atoms with Gasteiger partial charge in [0.25, 0.3) is 0 Å². The minimum absolute atomic E-state index is 0.115. The first-order valence-electron chi connectivity index (χ1n) is 9.03. The first-order chi connectivity index (χ1) is 13.5. The lowest BCUT2D eigenvalue weighted by Gasteiger charge is -2.25. The number of ether oxygens (including phenoxy) is 2. The molecule has 1 aromatic carbocycles. The molecule has 0 saturated heterocycles. The second-order valence-corrected chi connectivity index (χ2v) is 7.25. The van der Waals surface area contributed by atoms with E-state index in [1.165, 1.54) is 0 Å². The number of benzene rings is 1. The van der Waals surface area contributed by atoms with Gasteiger partial charge in [0.2, 0.25) is 11.8 Å². The molecule has 0 heterocycles. The van der Waals surface area contributed by atoms with Crippen molar-refractivity contribution in [1.82, 2.24) is 10.4 Å². The average molecular weight is 428 g/mol. The molecule has 0 atom stereocenters. The number of hydrazine groups is 1. The van der Waals surface area contributed by atoms with Crippen LogP contribution in [0.5, 0.6) is 0 Å². The molecule has 0 saturated carbocycles. The molecule has 0 aliphatic carbocycles. The third kappa shape index (κ3) is 9.29. The quantitative estimate of drug-likeness (QED) is 0.407. The van der Waals surface area contributed by atoms with Crippen LogP contribution in [0.4, 0.5) is 10.5 Å². The largest absolute Gasteiger partial charge is 0.465 e. The van der Waals surface area contributed by atoms with E-state index < -0.39 is 36.0 Å². The normalized spacial score (nSPS) is 10.7. The predicted octanol–water partition coefficient (Wildman–Crippen LogP) is 2.79. The first-order valence-corrected chi connectivity index (χ1v) is 9.36. The molecule has 0 bridgehead atoms. The lowest BCUT2D eigenvalue weighted by atomic mass is 10.2. The Morgan fingerprint density at radius 2 is 1.62 bits per heavy atom. The molecular weight excluding hydrogens is 402 g/mol. The fourth-order valence-electron chi connectivity index (χ4n) is 2.09. The van der Waals surface area contributed by atoms with Crippen molar-refractivity contribution in [3.05, 3.63) is 30.3 Å². The molecule has 29 heavy (non-hydrogen) atoms. The van der Waals surface area contributed by atoms with Crippen LogP contribution < -0.4 is 9.84 Å². The number of halogens is 1. The van der Waals surface area contributed by atoms with Gasteiger partial charge in [-0.05, 0) is 39.8 Å². The van der Waals surface area contributed by atoms with Crippen molar-refractivity contribution in [2.45, 2.75) is 46.1 Å². The smallest absolute Gasteiger partial charge is 0.426 e. The van der Waals surface area contributed by atoms with Gasteiger partial charge in [-0.1, -0.05) is 18.2 Å². The Morgan fingerprint density at radius 1 is 1.03 bits per heavy atom. The van der Waals surface area contributed by atoms with Crippen molar-refractivity contribution < 1.29 is 28.7 Å². The topological polar surface area (TPSA) is 105 Å². The Labute approximate surface area is 175 Å². The highest BCUT2D eigenvalue weighted by Gasteiger charge is 2.25. The summed E-state index contributed by atoms with van der Waals surface area (Å²) in [5, 5.41) is 0.764. The summed E-state index contributed by atoms with van der Waals surface area (Å²) in [4.78, 5) is 48.4. The Morgan fingerprint density at radius 3 is 2.17 bits per heavy atom. The maximum Gasteiger partial charge on any atom is 0.426 e. The third-order valence-electron chi connectivity index (χ3n) is 3.27. The minimum Gasteiger partial charge on any atom is -0.465 e. The molecular formula is C19H26ClN3O6. The number of rotatable bonds is 7. The second kappa shape index (κ2) is 11.3. The minimum atomic E-state index is -0.912. The van der Waals surface area contributed by atoms with Gasteiger partial charge in [0.15, 0.2) is 0 Å². The van der Waals surface area contributed by atoms with Crippen molar-refractivity contribution in [3.63, 3.8) is 0 Å². The monoisotopic (exact) mass is 427 g/mol. The predicted molar refractivity (Wildman–Crippen MR) is 107 cm³/mol. The van der Waals surface area contributed by atoms with E-state index in [1.54, 1.807) is 58.0 Å². The van der Waals surface area contributed by atoms with Crippen molar-refractivity contribution in [2.24, 2.45) is 0 Å². The molecule has 160 valence electrons. The zero-order valence-corrected chi connectivity index (χ0v) is 17.7. The second-order valence-electron chi connectivity index (χ2n) is 6.91. The number of amides is 3. The number of esters is 1. The molecule has 1 N–H and O–H groups in total. The van der Waals surface area contributed by atoms with Crippen LogP contribution in [0, 0.1) is 0 Å². The highest BCUT2D eigenvalue weighted by atomic mass is 35.5. The summed E-state index contributed by atoms with van der Waals surface area (Å²) in [6.07, 6.45) is -1.43. The Kier molecular flexibility index (Phi) is 9.40. The molecule has 1 rings (SSSR count). The molecule has 10 heteroatoms. The van der Waals surface area contributed by atoms with Crippen LogP contribution in [-0.2, 0) is 23.9 Å². The van der Waals surface area contributed by atoms with Gasteiger partial charge in [0.1, 0.15) is 12.1 Å². The average Bonchev–Trinajstić information content (AvgIpc) is 2.64. The number of nitrogens with zero attached hydrogens (tertiary/aromatic N) is 2. The summed E-state index contributed by atoms with van der Waals surface area (Å²) in [6.45, 7) is 6.17. The van der Waals surface area contributed by atoms with Gasteiger partial charge < -0.3 is 9.47 Å². The third-order valence-corrected chi connectivity index (χ3v) is 3.66. The van der Waals surface area contributed by atoms with E-state index in [-0.39, 0.29) is 19.4 Å². The zero-order chi connectivity index (χ0) is 22.0. The summed E-state index contributed by atoms with van der Waals surface area (Å²) in [6, 6.07) is 8.50. The molecule has 9 nitrogen and oxygen atoms in total. The summed E-state index contributed by atoms with van der Waals surface area (Å²) in [7, 11) is 0. The fraction of sp³-hybridized carbons (Fsp3) is 0.474. The molecule has 0 aliphatic rings. The Bertz CT molecular complexity index is 720. The highest BCUT2D eigenvalue weighted by molar-refractivity contribution is 6.36. The van der Waals surface area contributed by atoms with Crippen molar-refractivity contribution in [2.75, 3.05) is 17.6 Å². The maximum atomic E-state index is 12.5. The molecule has 1 aromatic rings. The fourth-order valence-corrected chi connectivity index (χ4v) is 2.28. The molecule has 0 aliphatic heterocycles. The van der Waals surface area contributed by atoms with E-state index >= 15 is 0 Å². The van der Waals surface area contributed by atoms with E-state index in [0.29, 0.717) is 5.69 Å². The zero-order valence-electron chi connectivity index (χ0n) is 16.9. The van der Waals surface area contributed by atoms with E-state index in [4.69, 9.17) is 21.3 Å². The Balaban J connectivity index is 2.73. The molecule has 0 radical (unpaired) electrons. The maximum absolute atomic E-state index is 12.5.